The van der Waals surface area contributed by atoms with Crippen LogP contribution in [0, 0.1) is 27.7 Å². The van der Waals surface area contributed by atoms with Gasteiger partial charge in [0, 0.05) is 49.7 Å². The first-order valence-corrected chi connectivity index (χ1v) is 15.4. The minimum atomic E-state index is -0.316. The van der Waals surface area contributed by atoms with Crippen LogP contribution in [-0.2, 0) is 11.1 Å². The number of fused-ring (bicyclic) bond motifs is 2. The summed E-state index contributed by atoms with van der Waals surface area (Å²) in [7, 11) is 0. The Morgan fingerprint density at radius 3 is 1.78 bits per heavy atom. The number of hydrogen-bond acceptors (Lipinski definition) is 6. The predicted octanol–water partition coefficient (Wildman–Crippen LogP) is 9.70. The van der Waals surface area contributed by atoms with E-state index in [1.54, 1.807) is 11.3 Å². The van der Waals surface area contributed by atoms with Gasteiger partial charge in [-0.05, 0) is 125 Å². The molecule has 0 fully saturated rings. The van der Waals surface area contributed by atoms with Crippen LogP contribution in [0.3, 0.4) is 0 Å². The minimum Gasteiger partial charge on any atom is -0.321 e. The topological polar surface area (TPSA) is 52.0 Å². The Hall–Kier alpha value is -1.80. The van der Waals surface area contributed by atoms with Gasteiger partial charge in [-0.2, -0.15) is 0 Å². The van der Waals surface area contributed by atoms with Gasteiger partial charge in [-0.3, -0.25) is 0 Å². The lowest BCUT2D eigenvalue weighted by Crippen LogP contribution is -2.28. The Labute approximate surface area is 230 Å². The van der Waals surface area contributed by atoms with E-state index in [1.807, 2.05) is 34.0 Å². The lowest BCUT2D eigenvalue weighted by molar-refractivity contribution is 0.564. The van der Waals surface area contributed by atoms with Crippen molar-refractivity contribution in [3.8, 4) is 9.75 Å². The van der Waals surface area contributed by atoms with Crippen molar-refractivity contribution in [1.82, 2.24) is 0 Å². The van der Waals surface area contributed by atoms with Crippen LogP contribution in [0.4, 0.5) is 0 Å². The number of hydrogen-bond donors (Lipinski definition) is 2. The molecule has 4 heterocycles. The van der Waals surface area contributed by atoms with Crippen LogP contribution in [0.2, 0.25) is 0 Å². The Bertz CT molecular complexity index is 1580. The largest absolute Gasteiger partial charge is 0.321 e. The van der Waals surface area contributed by atoms with Crippen LogP contribution >= 0.6 is 45.3 Å². The first kappa shape index (κ1) is 25.8. The Balaban J connectivity index is 1.52. The van der Waals surface area contributed by atoms with Gasteiger partial charge >= 0.3 is 0 Å². The zero-order valence-electron chi connectivity index (χ0n) is 22.3. The molecule has 0 radical (unpaired) electrons. The lowest BCUT2D eigenvalue weighted by Gasteiger charge is -2.17. The van der Waals surface area contributed by atoms with Gasteiger partial charge in [-0.15, -0.1) is 45.3 Å². The van der Waals surface area contributed by atoms with Crippen molar-refractivity contribution in [1.29, 1.82) is 0 Å². The average Bonchev–Trinajstić information content (AvgIpc) is 3.53. The normalized spacial score (nSPS) is 13.2. The summed E-state index contributed by atoms with van der Waals surface area (Å²) in [6.07, 6.45) is 4.47. The molecule has 0 amide bonds. The van der Waals surface area contributed by atoms with Crippen LogP contribution in [0.25, 0.3) is 42.1 Å². The van der Waals surface area contributed by atoms with Gasteiger partial charge in [0.15, 0.2) is 0 Å². The molecule has 4 N–H and O–H groups in total. The van der Waals surface area contributed by atoms with Crippen molar-refractivity contribution in [3.63, 3.8) is 0 Å². The van der Waals surface area contributed by atoms with Gasteiger partial charge in [0.25, 0.3) is 0 Å². The van der Waals surface area contributed by atoms with Gasteiger partial charge in [-0.1, -0.05) is 0 Å². The van der Waals surface area contributed by atoms with E-state index in [1.165, 1.54) is 71.7 Å². The van der Waals surface area contributed by atoms with Gasteiger partial charge in [0.2, 0.25) is 0 Å². The predicted molar refractivity (Wildman–Crippen MR) is 167 cm³/mol. The first-order valence-electron chi connectivity index (χ1n) is 12.2. The highest BCUT2D eigenvalue weighted by molar-refractivity contribution is 7.27. The summed E-state index contributed by atoms with van der Waals surface area (Å²) in [5, 5.41) is 2.73. The average molecular weight is 551 g/mol. The first-order chi connectivity index (χ1) is 16.7. The fourth-order valence-electron chi connectivity index (χ4n) is 4.80. The third-order valence-corrected chi connectivity index (χ3v) is 12.5. The molecule has 5 aromatic rings. The van der Waals surface area contributed by atoms with Crippen molar-refractivity contribution in [2.45, 2.75) is 66.5 Å². The molecule has 0 aliphatic heterocycles. The maximum Gasteiger partial charge on any atom is 0.0478 e. The number of aryl methyl sites for hydroxylation is 4. The van der Waals surface area contributed by atoms with Crippen LogP contribution in [0.5, 0.6) is 0 Å². The van der Waals surface area contributed by atoms with Gasteiger partial charge in [0.05, 0.1) is 0 Å². The summed E-state index contributed by atoms with van der Waals surface area (Å²) in [6.45, 7) is 17.2. The molecule has 0 saturated carbocycles. The second-order valence-electron chi connectivity index (χ2n) is 11.1. The molecular weight excluding hydrogens is 517 g/mol. The summed E-state index contributed by atoms with van der Waals surface area (Å²) in [6, 6.07) is 9.26. The zero-order chi connectivity index (χ0) is 26.2. The molecule has 188 valence electrons. The number of benzene rings is 1. The molecule has 0 aliphatic rings. The summed E-state index contributed by atoms with van der Waals surface area (Å²) < 4.78 is 2.76. The maximum absolute atomic E-state index is 6.43. The summed E-state index contributed by atoms with van der Waals surface area (Å²) in [4.78, 5) is 7.76. The number of nitrogens with two attached hydrogens (primary N) is 2. The molecular formula is C30H34N2S4. The third kappa shape index (κ3) is 4.53. The van der Waals surface area contributed by atoms with E-state index in [4.69, 9.17) is 11.5 Å². The highest BCUT2D eigenvalue weighted by Gasteiger charge is 2.22. The molecule has 5 rings (SSSR count). The second-order valence-corrected chi connectivity index (χ2v) is 15.3. The van der Waals surface area contributed by atoms with E-state index in [0.29, 0.717) is 0 Å². The van der Waals surface area contributed by atoms with Crippen LogP contribution in [0.15, 0.2) is 24.3 Å². The van der Waals surface area contributed by atoms with Crippen LogP contribution < -0.4 is 11.5 Å². The molecule has 0 saturated heterocycles. The summed E-state index contributed by atoms with van der Waals surface area (Å²) >= 11 is 7.44. The highest BCUT2D eigenvalue weighted by Crippen LogP contribution is 2.46. The van der Waals surface area contributed by atoms with Gasteiger partial charge in [-0.25, -0.2) is 0 Å². The Kier molecular flexibility index (Phi) is 6.38. The van der Waals surface area contributed by atoms with Gasteiger partial charge < -0.3 is 11.5 Å². The molecule has 0 unspecified atom stereocenters. The fourth-order valence-corrected chi connectivity index (χ4v) is 9.60. The molecule has 0 atom stereocenters. The smallest absolute Gasteiger partial charge is 0.0478 e. The fraction of sp³-hybridized carbons (Fsp3) is 0.333. The van der Waals surface area contributed by atoms with Crippen molar-refractivity contribution in [2.75, 3.05) is 0 Å². The van der Waals surface area contributed by atoms with E-state index in [9.17, 15) is 0 Å². The molecule has 1 aromatic carbocycles. The van der Waals surface area contributed by atoms with Crippen molar-refractivity contribution in [2.24, 2.45) is 11.5 Å². The highest BCUT2D eigenvalue weighted by atomic mass is 32.1. The van der Waals surface area contributed by atoms with E-state index >= 15 is 0 Å². The number of rotatable bonds is 5. The lowest BCUT2D eigenvalue weighted by atomic mass is 10.0. The third-order valence-electron chi connectivity index (χ3n) is 6.68. The SMILES string of the molecule is Cc1cc(/C=C/c2cc(C)c(C(C)(C)N)s2)sc1-c1cc2c(C)c3sc(C(C)(C)N)cc3c(C)c2s1. The van der Waals surface area contributed by atoms with E-state index < -0.39 is 0 Å². The second kappa shape index (κ2) is 8.90. The quantitative estimate of drug-likeness (QED) is 0.229. The minimum absolute atomic E-state index is 0.304. The van der Waals surface area contributed by atoms with Crippen LogP contribution in [0.1, 0.15) is 69.5 Å². The maximum atomic E-state index is 6.43. The standard InChI is InChI=1S/C30H34N2S4/c1-15-11-19(9-10-20-12-16(2)28(34-20)30(7,8)32)33-25(15)23-13-21-17(3)27-22(18(4)26(21)35-23)14-24(36-27)29(5,6)31/h9-14H,31-32H2,1-8H3/b10-9+. The van der Waals surface area contributed by atoms with E-state index in [0.717, 1.165) is 0 Å². The zero-order valence-corrected chi connectivity index (χ0v) is 25.5. The van der Waals surface area contributed by atoms with Crippen molar-refractivity contribution < 1.29 is 0 Å². The monoisotopic (exact) mass is 550 g/mol. The Morgan fingerprint density at radius 2 is 1.19 bits per heavy atom. The molecule has 36 heavy (non-hydrogen) atoms. The van der Waals surface area contributed by atoms with E-state index in [2.05, 4.69) is 91.8 Å². The van der Waals surface area contributed by atoms with Crippen LogP contribution in [-0.4, -0.2) is 0 Å². The molecule has 0 spiro atoms. The summed E-state index contributed by atoms with van der Waals surface area (Å²) in [5.74, 6) is 0. The van der Waals surface area contributed by atoms with Crippen molar-refractivity contribution in [3.05, 3.63) is 66.0 Å². The molecule has 6 heteroatoms. The molecule has 2 nitrogen and oxygen atoms in total. The molecule has 0 bridgehead atoms. The number of thiophene rings is 4. The van der Waals surface area contributed by atoms with Gasteiger partial charge in [0.1, 0.15) is 0 Å². The van der Waals surface area contributed by atoms with Crippen molar-refractivity contribution >= 4 is 77.7 Å². The van der Waals surface area contributed by atoms with E-state index in [-0.39, 0.29) is 11.1 Å². The molecule has 4 aromatic heterocycles. The molecule has 0 aliphatic carbocycles. The summed E-state index contributed by atoms with van der Waals surface area (Å²) in [5.41, 5.74) is 17.5. The Morgan fingerprint density at radius 1 is 0.639 bits per heavy atom.